The van der Waals surface area contributed by atoms with Gasteiger partial charge in [-0.3, -0.25) is 10.2 Å². The van der Waals surface area contributed by atoms with Crippen molar-refractivity contribution in [3.05, 3.63) is 168 Å². The van der Waals surface area contributed by atoms with Gasteiger partial charge in [-0.15, -0.1) is 0 Å². The molecule has 3 aliphatic heterocycles. The minimum Gasteiger partial charge on any atom is -0.352 e. The maximum absolute atomic E-state index is 4.03. The van der Waals surface area contributed by atoms with Crippen molar-refractivity contribution in [2.24, 2.45) is 29.6 Å². The van der Waals surface area contributed by atoms with Crippen LogP contribution in [0.2, 0.25) is 0 Å². The van der Waals surface area contributed by atoms with Gasteiger partial charge in [-0.05, 0) is 80.1 Å². The summed E-state index contributed by atoms with van der Waals surface area (Å²) in [6.45, 7) is 0. The van der Waals surface area contributed by atoms with Crippen LogP contribution in [-0.4, -0.2) is 40.1 Å². The molecule has 0 spiro atoms. The average molecular weight is 658 g/mol. The molecular weight excluding hydrogens is 607 g/mol. The highest BCUT2D eigenvalue weighted by Gasteiger charge is 2.51. The molecule has 1 aromatic carbocycles. The molecule has 2 fully saturated rings. The van der Waals surface area contributed by atoms with Gasteiger partial charge in [0.1, 0.15) is 0 Å². The lowest BCUT2D eigenvalue weighted by molar-refractivity contribution is 0.143. The molecule has 11 atom stereocenters. The summed E-state index contributed by atoms with van der Waals surface area (Å²) in [5.41, 5.74) is 7.50. The molecule has 50 heavy (non-hydrogen) atoms. The lowest BCUT2D eigenvalue weighted by Gasteiger charge is -2.40. The fourth-order valence-electron chi connectivity index (χ4n) is 11.2. The number of nitrogens with one attached hydrogen (secondary N) is 1. The molecule has 9 aliphatic rings. The zero-order valence-electron chi connectivity index (χ0n) is 29.2. The third-order valence-corrected chi connectivity index (χ3v) is 13.5. The fourth-order valence-corrected chi connectivity index (χ4v) is 11.2. The molecule has 1 aromatic rings. The van der Waals surface area contributed by atoms with E-state index in [1.54, 1.807) is 5.57 Å². The van der Waals surface area contributed by atoms with Gasteiger partial charge in [-0.25, -0.2) is 0 Å². The highest BCUT2D eigenvalue weighted by Crippen LogP contribution is 2.51. The van der Waals surface area contributed by atoms with Gasteiger partial charge in [0.05, 0.1) is 18.2 Å². The van der Waals surface area contributed by atoms with Gasteiger partial charge in [0.25, 0.3) is 0 Å². The molecule has 6 aliphatic carbocycles. The highest BCUT2D eigenvalue weighted by atomic mass is 15.3. The standard InChI is InChI=1S/C47H51N3/c1-3-12-32(13-4-1)33-22-26-37(27-23-33)49-43-19-9-7-16-38(43)40-30-35(24-28-45(40)49)36-25-29-46-41(31-36)39-17-8-10-20-44(39)50(46)47-21-11-18-42(48-47)34-14-5-2-6-15-34/h1-3,5-8,10-12,14-18,20,22,24-26,28-30,33,37-45,47-48H,4,9,13,19,21,23,27,31H2. The predicted octanol–water partition coefficient (Wildman–Crippen LogP) is 9.60. The topological polar surface area (TPSA) is 18.5 Å². The molecule has 0 amide bonds. The van der Waals surface area contributed by atoms with Crippen molar-refractivity contribution in [1.82, 2.24) is 15.1 Å². The summed E-state index contributed by atoms with van der Waals surface area (Å²) >= 11 is 0. The first-order valence-corrected chi connectivity index (χ1v) is 19.7. The number of hydrogen-bond acceptors (Lipinski definition) is 3. The Morgan fingerprint density at radius 1 is 0.700 bits per heavy atom. The summed E-state index contributed by atoms with van der Waals surface area (Å²) in [5.74, 6) is 2.82. The van der Waals surface area contributed by atoms with Crippen molar-refractivity contribution in [2.45, 2.75) is 87.7 Å². The maximum atomic E-state index is 4.03. The van der Waals surface area contributed by atoms with E-state index in [1.807, 2.05) is 0 Å². The third-order valence-electron chi connectivity index (χ3n) is 13.5. The third kappa shape index (κ3) is 5.31. The fraction of sp³-hybridized carbons (Fsp3) is 0.404. The molecule has 1 N–H and O–H groups in total. The number of benzene rings is 1. The van der Waals surface area contributed by atoms with Crippen LogP contribution in [0.5, 0.6) is 0 Å². The van der Waals surface area contributed by atoms with Gasteiger partial charge >= 0.3 is 0 Å². The van der Waals surface area contributed by atoms with Crippen molar-refractivity contribution >= 4 is 0 Å². The van der Waals surface area contributed by atoms with Crippen LogP contribution in [0.25, 0.3) is 0 Å². The minimum absolute atomic E-state index is 0.247. The summed E-state index contributed by atoms with van der Waals surface area (Å²) in [7, 11) is 0. The molecule has 0 bridgehead atoms. The summed E-state index contributed by atoms with van der Waals surface area (Å²) in [6, 6.07) is 13.3. The number of fused-ring (bicyclic) bond motifs is 6. The average Bonchev–Trinajstić information content (AvgIpc) is 3.71. The van der Waals surface area contributed by atoms with E-state index < -0.39 is 0 Å². The number of likely N-dealkylation sites (tertiary alicyclic amines) is 2. The van der Waals surface area contributed by atoms with Crippen LogP contribution in [0.4, 0.5) is 0 Å². The minimum atomic E-state index is 0.247. The van der Waals surface area contributed by atoms with Gasteiger partial charge in [-0.2, -0.15) is 0 Å². The first-order valence-electron chi connectivity index (χ1n) is 19.7. The van der Waals surface area contributed by atoms with Crippen molar-refractivity contribution in [2.75, 3.05) is 0 Å². The van der Waals surface area contributed by atoms with Crippen molar-refractivity contribution in [1.29, 1.82) is 0 Å². The van der Waals surface area contributed by atoms with Crippen LogP contribution in [0.3, 0.4) is 0 Å². The van der Waals surface area contributed by atoms with Crippen LogP contribution in [0.15, 0.2) is 162 Å². The van der Waals surface area contributed by atoms with Gasteiger partial charge in [0.15, 0.2) is 0 Å². The van der Waals surface area contributed by atoms with E-state index in [9.17, 15) is 0 Å². The van der Waals surface area contributed by atoms with Crippen LogP contribution in [0, 0.1) is 29.6 Å². The molecule has 0 saturated carbocycles. The second kappa shape index (κ2) is 13.0. The Morgan fingerprint density at radius 3 is 2.52 bits per heavy atom. The number of hydrogen-bond donors (Lipinski definition) is 1. The van der Waals surface area contributed by atoms with E-state index in [2.05, 4.69) is 155 Å². The molecule has 11 unspecified atom stereocenters. The normalized spacial score (nSPS) is 39.7. The van der Waals surface area contributed by atoms with Gasteiger partial charge in [0, 0.05) is 47.5 Å². The Bertz CT molecular complexity index is 1830. The van der Waals surface area contributed by atoms with E-state index >= 15 is 0 Å². The van der Waals surface area contributed by atoms with Gasteiger partial charge in [0.2, 0.25) is 0 Å². The Balaban J connectivity index is 0.911. The van der Waals surface area contributed by atoms with E-state index in [0.29, 0.717) is 53.8 Å². The molecule has 2 saturated heterocycles. The molecular formula is C47H51N3. The second-order valence-electron chi connectivity index (χ2n) is 16.1. The van der Waals surface area contributed by atoms with E-state index in [1.165, 1.54) is 60.9 Å². The van der Waals surface area contributed by atoms with Crippen LogP contribution < -0.4 is 5.32 Å². The molecule has 254 valence electrons. The molecule has 0 radical (unpaired) electrons. The first kappa shape index (κ1) is 30.9. The lowest BCUT2D eigenvalue weighted by Crippen LogP contribution is -2.49. The first-order chi connectivity index (χ1) is 24.8. The Hall–Kier alpha value is -3.92. The summed E-state index contributed by atoms with van der Waals surface area (Å²) in [5, 5.41) is 4.03. The zero-order valence-corrected chi connectivity index (χ0v) is 29.2. The van der Waals surface area contributed by atoms with Crippen LogP contribution in [0.1, 0.15) is 63.0 Å². The lowest BCUT2D eigenvalue weighted by atomic mass is 9.75. The van der Waals surface area contributed by atoms with Crippen molar-refractivity contribution < 1.29 is 0 Å². The summed E-state index contributed by atoms with van der Waals surface area (Å²) < 4.78 is 0. The monoisotopic (exact) mass is 657 g/mol. The zero-order chi connectivity index (χ0) is 33.0. The molecule has 3 heteroatoms. The second-order valence-corrected chi connectivity index (χ2v) is 16.1. The molecule has 0 aromatic heterocycles. The predicted molar refractivity (Wildman–Crippen MR) is 206 cm³/mol. The Morgan fingerprint density at radius 2 is 1.64 bits per heavy atom. The van der Waals surface area contributed by atoms with E-state index in [4.69, 9.17) is 0 Å². The van der Waals surface area contributed by atoms with E-state index in [-0.39, 0.29) is 12.2 Å². The quantitative estimate of drug-likeness (QED) is 0.318. The Kier molecular flexibility index (Phi) is 8.03. The van der Waals surface area contributed by atoms with Crippen LogP contribution >= 0.6 is 0 Å². The van der Waals surface area contributed by atoms with Crippen LogP contribution in [-0.2, 0) is 0 Å². The molecule has 3 heterocycles. The maximum Gasteiger partial charge on any atom is 0.0841 e. The summed E-state index contributed by atoms with van der Waals surface area (Å²) in [6.07, 6.45) is 54.2. The SMILES string of the molecule is C1=CCCC(C2C=CC(N3C4C=CC(C5=CC=C6C(C5)C5C=CC=CC5N6C5CC=CC(c6ccccc6)N5)=CC4C4C=CCCC43)CC2)=C1. The molecule has 10 rings (SSSR count). The van der Waals surface area contributed by atoms with Crippen molar-refractivity contribution in [3.8, 4) is 0 Å². The number of nitrogens with zero attached hydrogens (tertiary/aromatic N) is 2. The van der Waals surface area contributed by atoms with Gasteiger partial charge < -0.3 is 4.90 Å². The van der Waals surface area contributed by atoms with Crippen molar-refractivity contribution in [3.63, 3.8) is 0 Å². The Labute approximate surface area is 299 Å². The highest BCUT2D eigenvalue weighted by molar-refractivity contribution is 5.50. The smallest absolute Gasteiger partial charge is 0.0841 e. The largest absolute Gasteiger partial charge is 0.352 e. The summed E-state index contributed by atoms with van der Waals surface area (Å²) in [4.78, 5) is 5.68. The van der Waals surface area contributed by atoms with E-state index in [0.717, 1.165) is 12.8 Å². The number of allylic oxidation sites excluding steroid dienone is 14. The van der Waals surface area contributed by atoms with Gasteiger partial charge in [-0.1, -0.05) is 139 Å². The molecule has 3 nitrogen and oxygen atoms in total. The number of rotatable bonds is 5.